The number of carbonyl (C=O) groups is 3. The number of para-hydroxylation sites is 1. The van der Waals surface area contributed by atoms with Crippen LogP contribution in [-0.4, -0.2) is 74.4 Å². The van der Waals surface area contributed by atoms with Gasteiger partial charge in [-0.2, -0.15) is 0 Å². The van der Waals surface area contributed by atoms with Gasteiger partial charge in [0.1, 0.15) is 23.7 Å². The Hall–Kier alpha value is -2.14. The number of oxime groups is 1. The number of nitrogens with two attached hydrogens (primary N) is 1. The number of thiazole rings is 2. The van der Waals surface area contributed by atoms with E-state index in [9.17, 15) is 19.5 Å². The third-order valence-corrected chi connectivity index (χ3v) is 10.7. The number of anilines is 1. The largest absolute Gasteiger partial charge is 1.00 e. The Morgan fingerprint density at radius 1 is 1.38 bits per heavy atom. The van der Waals surface area contributed by atoms with Gasteiger partial charge in [-0.1, -0.05) is 41.7 Å². The maximum absolute atomic E-state index is 13.0. The predicted octanol–water partition coefficient (Wildman–Crippen LogP) is -1.83. The van der Waals surface area contributed by atoms with Crippen molar-refractivity contribution < 1.29 is 53.9 Å². The molecule has 0 spiro atoms. The molecule has 11 nitrogen and oxygen atoms in total. The maximum Gasteiger partial charge on any atom is 1.00 e. The first-order valence-electron chi connectivity index (χ1n) is 11.3. The van der Waals surface area contributed by atoms with Crippen molar-refractivity contribution in [2.75, 3.05) is 30.4 Å². The first kappa shape index (κ1) is 29.8. The van der Waals surface area contributed by atoms with Gasteiger partial charge in [0.2, 0.25) is 5.91 Å². The third-order valence-electron chi connectivity index (χ3n) is 5.94. The van der Waals surface area contributed by atoms with Crippen molar-refractivity contribution in [3.63, 3.8) is 0 Å². The number of benzene rings is 1. The Balaban J connectivity index is 0.00000353. The van der Waals surface area contributed by atoms with Gasteiger partial charge < -0.3 is 30.7 Å². The number of nitrogen functional groups attached to an aromatic ring is 1. The quantitative estimate of drug-likeness (QED) is 0.0507. The topological polar surface area (TPSA) is 163 Å². The van der Waals surface area contributed by atoms with Gasteiger partial charge in [-0.05, 0) is 12.1 Å². The zero-order valence-corrected chi connectivity index (χ0v) is 26.0. The van der Waals surface area contributed by atoms with E-state index >= 15 is 0 Å². The number of carbonyl (C=O) groups excluding carboxylic acids is 3. The van der Waals surface area contributed by atoms with Crippen LogP contribution in [0, 0.1) is 5.41 Å². The van der Waals surface area contributed by atoms with E-state index in [4.69, 9.17) is 10.6 Å². The van der Waals surface area contributed by atoms with Gasteiger partial charge in [-0.15, -0.1) is 34.4 Å². The molecule has 3 N–H and O–H groups in total. The smallest absolute Gasteiger partial charge is 0.549 e. The molecule has 4 heterocycles. The average molecular weight is 613 g/mol. The summed E-state index contributed by atoms with van der Waals surface area (Å²) >= 11 is 5.27. The van der Waals surface area contributed by atoms with Crippen molar-refractivity contribution in [2.45, 2.75) is 15.8 Å². The summed E-state index contributed by atoms with van der Waals surface area (Å²) < 4.78 is 1.78. The molecule has 2 fully saturated rings. The second kappa shape index (κ2) is 12.6. The molecule has 0 aliphatic carbocycles. The molecule has 16 heteroatoms. The van der Waals surface area contributed by atoms with E-state index < -0.39 is 28.7 Å². The van der Waals surface area contributed by atoms with Gasteiger partial charge >= 0.3 is 29.6 Å². The number of hydrogen-bond donors (Lipinski definition) is 2. The number of hydrogen-bond acceptors (Lipinski definition) is 13. The normalized spacial score (nSPS) is 22.4. The van der Waals surface area contributed by atoms with E-state index in [0.717, 1.165) is 25.9 Å². The van der Waals surface area contributed by atoms with Gasteiger partial charge in [-0.3, -0.25) is 9.59 Å². The zero-order chi connectivity index (χ0) is 26.9. The van der Waals surface area contributed by atoms with Gasteiger partial charge in [0, 0.05) is 28.8 Å². The number of thioether (sulfide) groups is 2. The van der Waals surface area contributed by atoms with E-state index in [1.54, 1.807) is 5.38 Å². The SMILES string of the molecule is C=CCON=C(C(=O)NC1C(=O)N2CC(CSc3nc4ccccc4s3)(C(=O)[O-])CS[C@H]12)c1csc(N)n1.[Na+]. The number of β-lactam (4-membered cyclic amide) rings is 1. The minimum absolute atomic E-state index is 0. The van der Waals surface area contributed by atoms with Crippen LogP contribution >= 0.6 is 46.2 Å². The average Bonchev–Trinajstić information content (AvgIpc) is 3.53. The van der Waals surface area contributed by atoms with Crippen LogP contribution in [-0.2, 0) is 19.2 Å². The van der Waals surface area contributed by atoms with Crippen molar-refractivity contribution in [1.82, 2.24) is 20.2 Å². The summed E-state index contributed by atoms with van der Waals surface area (Å²) in [5, 5.41) is 20.2. The minimum Gasteiger partial charge on any atom is -0.549 e. The Labute approximate surface area is 261 Å². The molecule has 0 radical (unpaired) electrons. The number of nitrogens with one attached hydrogen (secondary N) is 1. The fraction of sp³-hybridized carbons (Fsp3) is 0.304. The standard InChI is InChI=1S/C23H22N6O5S4.Na/c1-2-7-34-28-15(13-8-35-21(24)25-13)17(30)27-16-18(31)29-9-23(20(32)33,10-36-19(16)29)11-37-22-26-12-5-3-4-6-14(12)38-22;/h2-6,8,16,19H,1,7,9-11H2,(H2,24,25)(H,27,30)(H,32,33);/q;+1/p-1/t16?,19-,23?;/m1./s1. The van der Waals surface area contributed by atoms with E-state index in [0.29, 0.717) is 0 Å². The molecule has 2 aromatic heterocycles. The molecule has 3 atom stereocenters. The summed E-state index contributed by atoms with van der Waals surface area (Å²) in [7, 11) is 0. The van der Waals surface area contributed by atoms with Crippen molar-refractivity contribution >= 4 is 85.0 Å². The van der Waals surface area contributed by atoms with Crippen LogP contribution in [0.1, 0.15) is 5.69 Å². The molecule has 0 saturated carbocycles. The van der Waals surface area contributed by atoms with Crippen molar-refractivity contribution in [3.8, 4) is 0 Å². The van der Waals surface area contributed by atoms with Crippen molar-refractivity contribution in [2.24, 2.45) is 10.6 Å². The van der Waals surface area contributed by atoms with Crippen LogP contribution in [0.3, 0.4) is 0 Å². The van der Waals surface area contributed by atoms with E-state index in [1.807, 2.05) is 24.3 Å². The molecule has 3 aromatic rings. The second-order valence-corrected chi connectivity index (χ2v) is 12.8. The fourth-order valence-electron chi connectivity index (χ4n) is 3.98. The molecule has 2 unspecified atom stereocenters. The van der Waals surface area contributed by atoms with Crippen LogP contribution in [0.25, 0.3) is 10.2 Å². The summed E-state index contributed by atoms with van der Waals surface area (Å²) in [6, 6.07) is 6.85. The molecule has 198 valence electrons. The molecule has 2 amide bonds. The van der Waals surface area contributed by atoms with Gasteiger partial charge in [-0.25, -0.2) is 9.97 Å². The second-order valence-electron chi connectivity index (χ2n) is 8.52. The zero-order valence-electron chi connectivity index (χ0n) is 20.7. The summed E-state index contributed by atoms with van der Waals surface area (Å²) in [6.07, 6.45) is 1.47. The van der Waals surface area contributed by atoms with E-state index in [-0.39, 0.29) is 76.7 Å². The number of rotatable bonds is 10. The van der Waals surface area contributed by atoms with Crippen molar-refractivity contribution in [1.29, 1.82) is 0 Å². The first-order chi connectivity index (χ1) is 18.3. The van der Waals surface area contributed by atoms with E-state index in [1.165, 1.54) is 45.8 Å². The Kier molecular flexibility index (Phi) is 9.62. The summed E-state index contributed by atoms with van der Waals surface area (Å²) in [4.78, 5) is 53.5. The molecule has 2 aliphatic heterocycles. The number of nitrogens with zero attached hydrogens (tertiary/aromatic N) is 4. The van der Waals surface area contributed by atoms with Gasteiger partial charge in [0.05, 0.1) is 16.2 Å². The number of amides is 2. The van der Waals surface area contributed by atoms with E-state index in [2.05, 4.69) is 27.0 Å². The Bertz CT molecular complexity index is 1410. The number of fused-ring (bicyclic) bond motifs is 2. The van der Waals surface area contributed by atoms with Crippen LogP contribution in [0.5, 0.6) is 0 Å². The van der Waals surface area contributed by atoms with Crippen LogP contribution in [0.15, 0.2) is 51.8 Å². The molecule has 2 saturated heterocycles. The van der Waals surface area contributed by atoms with Crippen LogP contribution in [0.2, 0.25) is 0 Å². The van der Waals surface area contributed by atoms with Crippen LogP contribution < -0.4 is 45.7 Å². The first-order valence-corrected chi connectivity index (χ1v) is 15.0. The minimum atomic E-state index is -1.25. The molecule has 1 aromatic carbocycles. The summed E-state index contributed by atoms with van der Waals surface area (Å²) in [5.74, 6) is -1.82. The number of carboxylic acid groups (broad SMARTS) is 1. The Morgan fingerprint density at radius 2 is 2.18 bits per heavy atom. The molecule has 39 heavy (non-hydrogen) atoms. The molecule has 0 bridgehead atoms. The fourth-order valence-corrected chi connectivity index (χ4v) is 8.44. The van der Waals surface area contributed by atoms with Crippen molar-refractivity contribution in [3.05, 3.63) is 48.0 Å². The molecule has 5 rings (SSSR count). The number of aliphatic carboxylic acids is 1. The van der Waals surface area contributed by atoms with Crippen LogP contribution in [0.4, 0.5) is 5.13 Å². The number of carboxylic acids is 1. The van der Waals surface area contributed by atoms with Gasteiger partial charge in [0.25, 0.3) is 5.91 Å². The number of aromatic nitrogens is 2. The molecule has 2 aliphatic rings. The predicted molar refractivity (Wildman–Crippen MR) is 147 cm³/mol. The Morgan fingerprint density at radius 3 is 2.87 bits per heavy atom. The third kappa shape index (κ3) is 6.14. The molecular formula is C23H21N6NaO5S4. The monoisotopic (exact) mass is 612 g/mol. The summed E-state index contributed by atoms with van der Waals surface area (Å²) in [5.41, 5.74) is 5.39. The maximum atomic E-state index is 13.0. The van der Waals surface area contributed by atoms with Gasteiger partial charge in [0.15, 0.2) is 15.2 Å². The summed E-state index contributed by atoms with van der Waals surface area (Å²) in [6.45, 7) is 3.60. The molecular weight excluding hydrogens is 592 g/mol.